The van der Waals surface area contributed by atoms with E-state index in [0.29, 0.717) is 15.6 Å². The molecule has 33 heavy (non-hydrogen) atoms. The van der Waals surface area contributed by atoms with E-state index < -0.39 is 10.0 Å². The first-order chi connectivity index (χ1) is 15.7. The van der Waals surface area contributed by atoms with Crippen molar-refractivity contribution >= 4 is 50.1 Å². The van der Waals surface area contributed by atoms with Crippen molar-refractivity contribution in [2.75, 3.05) is 22.7 Å². The third kappa shape index (κ3) is 4.95. The minimum absolute atomic E-state index is 0.117. The van der Waals surface area contributed by atoms with Gasteiger partial charge in [0.15, 0.2) is 5.78 Å². The highest BCUT2D eigenvalue weighted by atomic mass is 35.5. The van der Waals surface area contributed by atoms with E-state index in [1.807, 2.05) is 19.9 Å². The van der Waals surface area contributed by atoms with E-state index in [9.17, 15) is 13.2 Å². The molecular formula is C25H27ClN2O3S2. The molecule has 174 valence electrons. The number of aryl methyl sites for hydroxylation is 2. The van der Waals surface area contributed by atoms with Crippen molar-refractivity contribution in [3.63, 3.8) is 0 Å². The van der Waals surface area contributed by atoms with Crippen LogP contribution in [0.1, 0.15) is 44.8 Å². The number of hydrogen-bond acceptors (Lipinski definition) is 5. The second-order valence-electron chi connectivity index (χ2n) is 8.50. The van der Waals surface area contributed by atoms with Gasteiger partial charge in [0.1, 0.15) is 0 Å². The lowest BCUT2D eigenvalue weighted by Crippen LogP contribution is -2.21. The molecule has 4 rings (SSSR count). The molecule has 1 aromatic heterocycles. The summed E-state index contributed by atoms with van der Waals surface area (Å²) in [6.45, 7) is 7.98. The Hall–Kier alpha value is -2.35. The Morgan fingerprint density at radius 3 is 2.42 bits per heavy atom. The Labute approximate surface area is 204 Å². The van der Waals surface area contributed by atoms with Crippen molar-refractivity contribution in [2.24, 2.45) is 0 Å². The summed E-state index contributed by atoms with van der Waals surface area (Å²) >= 11 is 7.81. The molecule has 1 saturated heterocycles. The molecule has 0 saturated carbocycles. The van der Waals surface area contributed by atoms with Crippen molar-refractivity contribution in [3.05, 3.63) is 73.9 Å². The Morgan fingerprint density at radius 1 is 1.09 bits per heavy atom. The number of sulfonamides is 1. The van der Waals surface area contributed by atoms with Crippen LogP contribution in [0.3, 0.4) is 0 Å². The smallest absolute Gasteiger partial charge is 0.261 e. The van der Waals surface area contributed by atoms with Crippen LogP contribution in [0, 0.1) is 20.8 Å². The maximum Gasteiger partial charge on any atom is 0.261 e. The number of ketones is 1. The topological polar surface area (TPSA) is 66.5 Å². The van der Waals surface area contributed by atoms with Crippen molar-refractivity contribution in [1.82, 2.24) is 0 Å². The molecule has 1 aliphatic heterocycles. The van der Waals surface area contributed by atoms with E-state index >= 15 is 0 Å². The molecule has 0 aliphatic carbocycles. The first-order valence-corrected chi connectivity index (χ1v) is 13.6. The average molecular weight is 503 g/mol. The van der Waals surface area contributed by atoms with Crippen molar-refractivity contribution < 1.29 is 13.2 Å². The molecule has 0 radical (unpaired) electrons. The third-order valence-electron chi connectivity index (χ3n) is 6.07. The molecule has 8 heteroatoms. The number of rotatable bonds is 7. The molecule has 2 aromatic carbocycles. The van der Waals surface area contributed by atoms with Crippen LogP contribution in [0.2, 0.25) is 5.02 Å². The van der Waals surface area contributed by atoms with Gasteiger partial charge in [-0.15, -0.1) is 11.3 Å². The normalized spacial score (nSPS) is 14.0. The molecule has 1 N–H and O–H groups in total. The van der Waals surface area contributed by atoms with E-state index in [1.165, 1.54) is 11.3 Å². The predicted octanol–water partition coefficient (Wildman–Crippen LogP) is 6.15. The first kappa shape index (κ1) is 23.8. The maximum absolute atomic E-state index is 13.3. The monoisotopic (exact) mass is 502 g/mol. The van der Waals surface area contributed by atoms with Gasteiger partial charge in [-0.1, -0.05) is 29.3 Å². The maximum atomic E-state index is 13.3. The number of halogens is 1. The number of carbonyl (C=O) groups excluding carboxylic acids is 1. The summed E-state index contributed by atoms with van der Waals surface area (Å²) < 4.78 is 28.3. The standard InChI is InChI=1S/C25H27ClN2O3S2/c1-16-6-8-19(9-7-16)33(30,31)27-22-10-13-32-25(22)23(29)15-20-18(3)24(17(2)14-21(20)26)28-11-4-5-12-28/h6-10,13-14,27H,4-5,11-12,15H2,1-3H3. The van der Waals surface area contributed by atoms with E-state index in [0.717, 1.165) is 53.9 Å². The van der Waals surface area contributed by atoms with Crippen molar-refractivity contribution in [3.8, 4) is 0 Å². The van der Waals surface area contributed by atoms with Gasteiger partial charge in [-0.2, -0.15) is 0 Å². The molecule has 1 fully saturated rings. The van der Waals surface area contributed by atoms with Gasteiger partial charge in [-0.25, -0.2) is 8.42 Å². The summed E-state index contributed by atoms with van der Waals surface area (Å²) in [5, 5.41) is 2.29. The summed E-state index contributed by atoms with van der Waals surface area (Å²) in [5.41, 5.74) is 5.36. The Kier molecular flexibility index (Phi) is 6.84. The van der Waals surface area contributed by atoms with E-state index in [4.69, 9.17) is 11.6 Å². The summed E-state index contributed by atoms with van der Waals surface area (Å²) in [6, 6.07) is 10.2. The summed E-state index contributed by atoms with van der Waals surface area (Å²) in [7, 11) is -3.80. The lowest BCUT2D eigenvalue weighted by atomic mass is 9.97. The minimum Gasteiger partial charge on any atom is -0.371 e. The zero-order valence-corrected chi connectivity index (χ0v) is 21.3. The van der Waals surface area contributed by atoms with Gasteiger partial charge in [-0.05, 0) is 79.9 Å². The Balaban J connectivity index is 1.60. The van der Waals surface area contributed by atoms with E-state index in [1.54, 1.807) is 35.7 Å². The molecule has 0 amide bonds. The molecule has 0 unspecified atom stereocenters. The Morgan fingerprint density at radius 2 is 1.76 bits per heavy atom. The van der Waals surface area contributed by atoms with Crippen LogP contribution < -0.4 is 9.62 Å². The first-order valence-electron chi connectivity index (χ1n) is 10.9. The van der Waals surface area contributed by atoms with Crippen LogP contribution in [0.25, 0.3) is 0 Å². The molecule has 0 spiro atoms. The van der Waals surface area contributed by atoms with Crippen LogP contribution in [0.15, 0.2) is 46.7 Å². The highest BCUT2D eigenvalue weighted by molar-refractivity contribution is 7.92. The number of thiophene rings is 1. The third-order valence-corrected chi connectivity index (χ3v) is 8.74. The fourth-order valence-electron chi connectivity index (χ4n) is 4.38. The zero-order chi connectivity index (χ0) is 23.8. The minimum atomic E-state index is -3.80. The number of benzene rings is 2. The van der Waals surface area contributed by atoms with E-state index in [2.05, 4.69) is 16.5 Å². The molecule has 5 nitrogen and oxygen atoms in total. The second-order valence-corrected chi connectivity index (χ2v) is 11.5. The largest absolute Gasteiger partial charge is 0.371 e. The number of Topliss-reactive ketones (excluding diaryl/α,β-unsaturated/α-hetero) is 1. The predicted molar refractivity (Wildman–Crippen MR) is 137 cm³/mol. The van der Waals surface area contributed by atoms with Crippen molar-refractivity contribution in [2.45, 2.75) is 44.9 Å². The highest BCUT2D eigenvalue weighted by Gasteiger charge is 2.24. The van der Waals surface area contributed by atoms with E-state index in [-0.39, 0.29) is 17.1 Å². The van der Waals surface area contributed by atoms with Crippen LogP contribution in [0.4, 0.5) is 11.4 Å². The molecule has 3 aromatic rings. The molecule has 0 atom stereocenters. The van der Waals surface area contributed by atoms with Gasteiger partial charge in [0.2, 0.25) is 0 Å². The SMILES string of the molecule is Cc1ccc(S(=O)(=O)Nc2ccsc2C(=O)Cc2c(Cl)cc(C)c(N3CCCC3)c2C)cc1. The lowest BCUT2D eigenvalue weighted by Gasteiger charge is -2.25. The lowest BCUT2D eigenvalue weighted by molar-refractivity contribution is 0.0997. The van der Waals surface area contributed by atoms with Gasteiger partial charge < -0.3 is 4.90 Å². The number of carbonyl (C=O) groups is 1. The number of nitrogens with one attached hydrogen (secondary N) is 1. The van der Waals surface area contributed by atoms with Crippen LogP contribution >= 0.6 is 22.9 Å². The second kappa shape index (κ2) is 9.49. The summed E-state index contributed by atoms with van der Waals surface area (Å²) in [5.74, 6) is -0.159. The van der Waals surface area contributed by atoms with Crippen LogP contribution in [-0.2, 0) is 16.4 Å². The number of anilines is 2. The fourth-order valence-corrected chi connectivity index (χ4v) is 6.67. The molecule has 2 heterocycles. The quantitative estimate of drug-likeness (QED) is 0.393. The molecule has 1 aliphatic rings. The summed E-state index contributed by atoms with van der Waals surface area (Å²) in [6.07, 6.45) is 2.44. The van der Waals surface area contributed by atoms with Gasteiger partial charge in [0.25, 0.3) is 10.0 Å². The molecular weight excluding hydrogens is 476 g/mol. The van der Waals surface area contributed by atoms with Gasteiger partial charge in [-0.3, -0.25) is 9.52 Å². The Bertz CT molecular complexity index is 1290. The van der Waals surface area contributed by atoms with Gasteiger partial charge in [0.05, 0.1) is 15.5 Å². The highest BCUT2D eigenvalue weighted by Crippen LogP contribution is 2.36. The molecule has 0 bridgehead atoms. The van der Waals surface area contributed by atoms with Crippen molar-refractivity contribution in [1.29, 1.82) is 0 Å². The summed E-state index contributed by atoms with van der Waals surface area (Å²) in [4.78, 5) is 16.2. The van der Waals surface area contributed by atoms with Gasteiger partial charge in [0, 0.05) is 30.2 Å². The average Bonchev–Trinajstić information content (AvgIpc) is 3.43. The number of nitrogens with zero attached hydrogens (tertiary/aromatic N) is 1. The van der Waals surface area contributed by atoms with Crippen LogP contribution in [-0.4, -0.2) is 27.3 Å². The number of hydrogen-bond donors (Lipinski definition) is 1. The zero-order valence-electron chi connectivity index (χ0n) is 18.9. The fraction of sp³-hybridized carbons (Fsp3) is 0.320. The van der Waals surface area contributed by atoms with Gasteiger partial charge >= 0.3 is 0 Å². The van der Waals surface area contributed by atoms with Crippen LogP contribution in [0.5, 0.6) is 0 Å².